The van der Waals surface area contributed by atoms with Gasteiger partial charge in [0.15, 0.2) is 0 Å². The highest BCUT2D eigenvalue weighted by Crippen LogP contribution is 2.22. The number of rotatable bonds is 2. The number of ether oxygens (including phenoxy) is 2. The lowest BCUT2D eigenvalue weighted by Crippen LogP contribution is -2.20. The molecule has 0 radical (unpaired) electrons. The monoisotopic (exact) mass is 170 g/mol. The Balaban J connectivity index is 2.48. The van der Waals surface area contributed by atoms with Gasteiger partial charge in [-0.3, -0.25) is 4.79 Å². The zero-order valence-corrected chi connectivity index (χ0v) is 6.78. The predicted molar refractivity (Wildman–Crippen MR) is 40.0 cm³/mol. The largest absolute Gasteiger partial charge is 0.425 e. The molecule has 0 amide bonds. The normalized spacial score (nSPS) is 27.9. The lowest BCUT2D eigenvalue weighted by molar-refractivity contribution is -0.176. The van der Waals surface area contributed by atoms with E-state index in [0.29, 0.717) is 6.42 Å². The molecule has 1 rings (SSSR count). The minimum atomic E-state index is -0.733. The van der Waals surface area contributed by atoms with Crippen LogP contribution in [0.3, 0.4) is 0 Å². The Kier molecular flexibility index (Phi) is 2.47. The van der Waals surface area contributed by atoms with Crippen LogP contribution in [0.15, 0.2) is 12.7 Å². The zero-order chi connectivity index (χ0) is 9.14. The molecule has 0 aliphatic carbocycles. The molecule has 4 heteroatoms. The van der Waals surface area contributed by atoms with Gasteiger partial charge in [-0.25, -0.2) is 4.79 Å². The molecule has 1 aliphatic heterocycles. The lowest BCUT2D eigenvalue weighted by Gasteiger charge is -2.12. The van der Waals surface area contributed by atoms with Gasteiger partial charge in [-0.15, -0.1) is 0 Å². The molecule has 0 aromatic carbocycles. The molecule has 0 spiro atoms. The maximum Gasteiger partial charge on any atom is 0.333 e. The fourth-order valence-electron chi connectivity index (χ4n) is 0.956. The molecule has 2 unspecified atom stereocenters. The van der Waals surface area contributed by atoms with Crippen LogP contribution in [0.1, 0.15) is 13.3 Å². The van der Waals surface area contributed by atoms with E-state index >= 15 is 0 Å². The SMILES string of the molecule is C=CC(=O)OC1OC(=O)CC1C. The molecule has 4 nitrogen and oxygen atoms in total. The first-order chi connectivity index (χ1) is 5.63. The highest BCUT2D eigenvalue weighted by atomic mass is 16.7. The first-order valence-corrected chi connectivity index (χ1v) is 3.66. The molecule has 0 aromatic heterocycles. The number of hydrogen-bond donors (Lipinski definition) is 0. The van der Waals surface area contributed by atoms with E-state index in [9.17, 15) is 9.59 Å². The Labute approximate surface area is 70.1 Å². The fourth-order valence-corrected chi connectivity index (χ4v) is 0.956. The number of carbonyl (C=O) groups is 2. The van der Waals surface area contributed by atoms with E-state index in [0.717, 1.165) is 6.08 Å². The third-order valence-corrected chi connectivity index (χ3v) is 1.60. The van der Waals surface area contributed by atoms with Crippen molar-refractivity contribution in [2.24, 2.45) is 5.92 Å². The topological polar surface area (TPSA) is 52.6 Å². The van der Waals surface area contributed by atoms with Crippen LogP contribution in [0.2, 0.25) is 0 Å². The van der Waals surface area contributed by atoms with Crippen molar-refractivity contribution in [1.82, 2.24) is 0 Å². The van der Waals surface area contributed by atoms with E-state index in [-0.39, 0.29) is 11.9 Å². The molecule has 1 heterocycles. The van der Waals surface area contributed by atoms with E-state index in [1.165, 1.54) is 0 Å². The molecule has 12 heavy (non-hydrogen) atoms. The Morgan fingerprint density at radius 3 is 2.92 bits per heavy atom. The minimum Gasteiger partial charge on any atom is -0.425 e. The maximum atomic E-state index is 10.7. The summed E-state index contributed by atoms with van der Waals surface area (Å²) in [5.41, 5.74) is 0. The summed E-state index contributed by atoms with van der Waals surface area (Å²) >= 11 is 0. The number of carbonyl (C=O) groups excluding carboxylic acids is 2. The van der Waals surface area contributed by atoms with Crippen molar-refractivity contribution in [3.05, 3.63) is 12.7 Å². The van der Waals surface area contributed by atoms with Gasteiger partial charge in [0.2, 0.25) is 0 Å². The van der Waals surface area contributed by atoms with Gasteiger partial charge in [0.25, 0.3) is 6.29 Å². The van der Waals surface area contributed by atoms with Crippen LogP contribution in [0, 0.1) is 5.92 Å². The van der Waals surface area contributed by atoms with Crippen LogP contribution in [-0.2, 0) is 19.1 Å². The summed E-state index contributed by atoms with van der Waals surface area (Å²) in [6.07, 6.45) is 0.608. The average Bonchev–Trinajstić information content (AvgIpc) is 2.30. The van der Waals surface area contributed by atoms with Crippen LogP contribution >= 0.6 is 0 Å². The third kappa shape index (κ3) is 1.84. The highest BCUT2D eigenvalue weighted by molar-refractivity contribution is 5.81. The van der Waals surface area contributed by atoms with Crippen LogP contribution in [0.5, 0.6) is 0 Å². The molecule has 0 N–H and O–H groups in total. The average molecular weight is 170 g/mol. The van der Waals surface area contributed by atoms with E-state index < -0.39 is 12.3 Å². The summed E-state index contributed by atoms with van der Waals surface area (Å²) in [5.74, 6) is -0.965. The Morgan fingerprint density at radius 1 is 1.83 bits per heavy atom. The van der Waals surface area contributed by atoms with Gasteiger partial charge < -0.3 is 9.47 Å². The quantitative estimate of drug-likeness (QED) is 0.450. The lowest BCUT2D eigenvalue weighted by atomic mass is 10.1. The molecule has 2 atom stereocenters. The van der Waals surface area contributed by atoms with Gasteiger partial charge in [-0.05, 0) is 0 Å². The van der Waals surface area contributed by atoms with Crippen molar-refractivity contribution in [2.75, 3.05) is 0 Å². The summed E-state index contributed by atoms with van der Waals surface area (Å²) in [6, 6.07) is 0. The molecular formula is C8H10O4. The molecule has 0 bridgehead atoms. The van der Waals surface area contributed by atoms with E-state index in [1.807, 2.05) is 0 Å². The van der Waals surface area contributed by atoms with Crippen LogP contribution in [0.4, 0.5) is 0 Å². The molecule has 1 saturated heterocycles. The second-order valence-electron chi connectivity index (χ2n) is 2.68. The van der Waals surface area contributed by atoms with Crippen LogP contribution < -0.4 is 0 Å². The van der Waals surface area contributed by atoms with Crippen LogP contribution in [-0.4, -0.2) is 18.2 Å². The Hall–Kier alpha value is -1.32. The summed E-state index contributed by atoms with van der Waals surface area (Å²) in [4.78, 5) is 21.4. The Bertz CT molecular complexity index is 221. The van der Waals surface area contributed by atoms with Gasteiger partial charge in [-0.2, -0.15) is 0 Å². The summed E-state index contributed by atoms with van der Waals surface area (Å²) < 4.78 is 9.46. The van der Waals surface area contributed by atoms with Crippen LogP contribution in [0.25, 0.3) is 0 Å². The van der Waals surface area contributed by atoms with E-state index in [1.54, 1.807) is 6.92 Å². The van der Waals surface area contributed by atoms with Crippen molar-refractivity contribution in [2.45, 2.75) is 19.6 Å². The molecule has 1 fully saturated rings. The summed E-state index contributed by atoms with van der Waals surface area (Å²) in [7, 11) is 0. The molecule has 0 saturated carbocycles. The first-order valence-electron chi connectivity index (χ1n) is 3.66. The van der Waals surface area contributed by atoms with Crippen molar-refractivity contribution in [1.29, 1.82) is 0 Å². The molecule has 1 aliphatic rings. The third-order valence-electron chi connectivity index (χ3n) is 1.60. The van der Waals surface area contributed by atoms with E-state index in [2.05, 4.69) is 6.58 Å². The van der Waals surface area contributed by atoms with Gasteiger partial charge in [0.1, 0.15) is 0 Å². The van der Waals surface area contributed by atoms with Crippen molar-refractivity contribution in [3.63, 3.8) is 0 Å². The van der Waals surface area contributed by atoms with Crippen molar-refractivity contribution < 1.29 is 19.1 Å². The van der Waals surface area contributed by atoms with Gasteiger partial charge >= 0.3 is 11.9 Å². The Morgan fingerprint density at radius 2 is 2.50 bits per heavy atom. The minimum absolute atomic E-state index is 0.0681. The number of hydrogen-bond acceptors (Lipinski definition) is 4. The van der Waals surface area contributed by atoms with Gasteiger partial charge in [-0.1, -0.05) is 13.5 Å². The number of cyclic esters (lactones) is 1. The highest BCUT2D eigenvalue weighted by Gasteiger charge is 2.33. The fraction of sp³-hybridized carbons (Fsp3) is 0.500. The smallest absolute Gasteiger partial charge is 0.333 e. The predicted octanol–water partition coefficient (Wildman–Crippen LogP) is 0.625. The second-order valence-corrected chi connectivity index (χ2v) is 2.68. The molecule has 0 aromatic rings. The summed E-state index contributed by atoms with van der Waals surface area (Å²) in [6.45, 7) is 5.02. The van der Waals surface area contributed by atoms with E-state index in [4.69, 9.17) is 9.47 Å². The maximum absolute atomic E-state index is 10.7. The van der Waals surface area contributed by atoms with Gasteiger partial charge in [0, 0.05) is 12.0 Å². The summed E-state index contributed by atoms with van der Waals surface area (Å²) in [5, 5.41) is 0. The van der Waals surface area contributed by atoms with Gasteiger partial charge in [0.05, 0.1) is 6.42 Å². The van der Waals surface area contributed by atoms with Crippen molar-refractivity contribution in [3.8, 4) is 0 Å². The number of esters is 2. The first kappa shape index (κ1) is 8.77. The van der Waals surface area contributed by atoms with Crippen molar-refractivity contribution >= 4 is 11.9 Å². The zero-order valence-electron chi connectivity index (χ0n) is 6.78. The molecular weight excluding hydrogens is 160 g/mol. The standard InChI is InChI=1S/C8H10O4/c1-3-6(9)11-8-5(2)4-7(10)12-8/h3,5,8H,1,4H2,2H3. The molecule has 66 valence electrons. The second kappa shape index (κ2) is 3.38.